The Kier molecular flexibility index (Phi) is 34.3. The van der Waals surface area contributed by atoms with Gasteiger partial charge >= 0.3 is 37.5 Å². The molecule has 5 saturated carbocycles. The summed E-state index contributed by atoms with van der Waals surface area (Å²) in [5, 5.41) is 18.2. The first-order chi connectivity index (χ1) is 62.3. The van der Waals surface area contributed by atoms with Crippen LogP contribution < -0.4 is 10.2 Å². The number of hydrogen-bond donors (Lipinski definition) is 2. The third-order valence-corrected chi connectivity index (χ3v) is 25.6. The van der Waals surface area contributed by atoms with Crippen molar-refractivity contribution in [3.63, 3.8) is 0 Å². The van der Waals surface area contributed by atoms with E-state index >= 15 is 4.39 Å². The lowest BCUT2D eigenvalue weighted by molar-refractivity contribution is -0.154. The van der Waals surface area contributed by atoms with Gasteiger partial charge in [-0.05, 0) is 211 Å². The molecule has 6 aliphatic rings. The summed E-state index contributed by atoms with van der Waals surface area (Å²) in [4.78, 5) is 92.9. The minimum Gasteiger partial charge on any atom is -0.505 e. The van der Waals surface area contributed by atoms with E-state index in [1.807, 2.05) is 47.6 Å². The number of pyridine rings is 1. The van der Waals surface area contributed by atoms with Gasteiger partial charge in [-0.3, -0.25) is 9.78 Å². The molecule has 7 heterocycles. The number of aromatic nitrogens is 6. The molecule has 16 rings (SSSR count). The van der Waals surface area contributed by atoms with Gasteiger partial charge < -0.3 is 89.6 Å². The van der Waals surface area contributed by atoms with Gasteiger partial charge in [0.15, 0.2) is 98.8 Å². The molecular weight excluding hydrogens is 1820 g/mol. The van der Waals surface area contributed by atoms with Crippen LogP contribution in [0.25, 0.3) is 56.4 Å². The van der Waals surface area contributed by atoms with Crippen LogP contribution in [0.3, 0.4) is 0 Å². The van der Waals surface area contributed by atoms with Crippen LogP contribution in [0.4, 0.5) is 36.7 Å². The number of carbonyl (C=O) groups is 5. The third-order valence-electron chi connectivity index (χ3n) is 24.3. The average molecular weight is 1930 g/mol. The molecule has 0 radical (unpaired) electrons. The van der Waals surface area contributed by atoms with Crippen molar-refractivity contribution in [2.45, 2.75) is 251 Å². The van der Waals surface area contributed by atoms with E-state index in [-0.39, 0.29) is 105 Å². The second-order valence-corrected chi connectivity index (χ2v) is 35.6. The number of aliphatic hydroxyl groups excluding tert-OH is 1. The highest BCUT2D eigenvalue weighted by atomic mass is 79.9. The number of nitrogens with zero attached hydrogens (tertiary/aromatic N) is 10. The Labute approximate surface area is 768 Å². The second-order valence-electron chi connectivity index (χ2n) is 33.9. The van der Waals surface area contributed by atoms with Crippen molar-refractivity contribution >= 4 is 74.8 Å². The normalized spacial score (nSPS) is 17.1. The highest BCUT2D eigenvalue weighted by Crippen LogP contribution is 2.39. The molecule has 696 valence electrons. The predicted molar refractivity (Wildman–Crippen MR) is 474 cm³/mol. The Bertz CT molecular complexity index is 5280. The van der Waals surface area contributed by atoms with E-state index in [2.05, 4.69) is 61.8 Å². The number of phenols is 1. The fourth-order valence-corrected chi connectivity index (χ4v) is 16.6. The van der Waals surface area contributed by atoms with Gasteiger partial charge in [-0.1, -0.05) is 75.6 Å². The molecule has 1 saturated heterocycles. The molecule has 2 N–H and O–H groups in total. The number of aliphatic hydroxyl groups is 1. The summed E-state index contributed by atoms with van der Waals surface area (Å²) < 4.78 is 127. The van der Waals surface area contributed by atoms with E-state index in [1.165, 1.54) is 62.3 Å². The van der Waals surface area contributed by atoms with E-state index in [0.717, 1.165) is 128 Å². The monoisotopic (exact) mass is 1930 g/mol. The Morgan fingerprint density at radius 3 is 1.17 bits per heavy atom. The molecule has 30 nitrogen and oxygen atoms in total. The fourth-order valence-electron chi connectivity index (χ4n) is 16.1. The SMILES string of the molecule is CC(C)OC(=O)[C@H]1CCC[C@H](Oc2ccc(-c3ncoc3COC(=O)N(C)C3CCCC3)nc2)C1.CN(C(=O)OCc1ocnc1-c1ccc(B2OC(C)(C)C(C)(C)O2)c(F)c1)C1CCCC1.CN(C(=O)OCc1ocnc1-c1ccc(Br)c(F)c1)C1CCCC1.CN(C(=O)OCc1ocnc1-c1ccc(O)c(F)c1)C1CCCC1.OCc1ocnc1-c1ccc(Br)c(F)c1. The summed E-state index contributed by atoms with van der Waals surface area (Å²) in [6.45, 7) is 10.9. The van der Waals surface area contributed by atoms with E-state index in [1.54, 1.807) is 96.5 Å². The lowest BCUT2D eigenvalue weighted by Gasteiger charge is -2.32. The largest absolute Gasteiger partial charge is 0.505 e. The highest BCUT2D eigenvalue weighted by molar-refractivity contribution is 9.10. The molecule has 6 aromatic heterocycles. The topological polar surface area (TPSA) is 356 Å². The number of benzene rings is 4. The minimum atomic E-state index is -0.794. The van der Waals surface area contributed by atoms with Crippen molar-refractivity contribution in [2.24, 2.45) is 5.92 Å². The summed E-state index contributed by atoms with van der Waals surface area (Å²) in [5.41, 5.74) is 4.18. The van der Waals surface area contributed by atoms with E-state index in [0.29, 0.717) is 112 Å². The number of phenolic OH excluding ortho intramolecular Hbond substituents is 1. The first kappa shape index (κ1) is 97.9. The maximum absolute atomic E-state index is 15.0. The Balaban J connectivity index is 0.000000150. The maximum atomic E-state index is 15.0. The van der Waals surface area contributed by atoms with Crippen LogP contribution >= 0.6 is 31.9 Å². The average Bonchev–Trinajstić information content (AvgIpc) is 1.61. The number of carbonyl (C=O) groups excluding carboxylic acids is 5. The zero-order valence-electron chi connectivity index (χ0n) is 74.3. The number of esters is 1. The van der Waals surface area contributed by atoms with Gasteiger partial charge in [0.2, 0.25) is 0 Å². The van der Waals surface area contributed by atoms with E-state index in [4.69, 9.17) is 64.9 Å². The van der Waals surface area contributed by atoms with Crippen LogP contribution in [0.15, 0.2) is 154 Å². The minimum absolute atomic E-state index is 0.0128. The van der Waals surface area contributed by atoms with Gasteiger partial charge in [0.05, 0.1) is 50.2 Å². The number of rotatable bonds is 23. The lowest BCUT2D eigenvalue weighted by atomic mass is 9.78. The maximum Gasteiger partial charge on any atom is 0.497 e. The first-order valence-corrected chi connectivity index (χ1v) is 45.1. The van der Waals surface area contributed by atoms with Crippen molar-refractivity contribution in [3.8, 4) is 67.9 Å². The van der Waals surface area contributed by atoms with Crippen LogP contribution in [0, 0.1) is 29.2 Å². The van der Waals surface area contributed by atoms with Crippen LogP contribution in [0.5, 0.6) is 11.5 Å². The molecule has 10 aromatic rings. The molecule has 5 aliphatic carbocycles. The van der Waals surface area contributed by atoms with Crippen LogP contribution in [-0.4, -0.2) is 173 Å². The van der Waals surface area contributed by atoms with Gasteiger partial charge in [-0.15, -0.1) is 0 Å². The molecule has 0 bridgehead atoms. The summed E-state index contributed by atoms with van der Waals surface area (Å²) in [5.74, 6) is -0.202. The Morgan fingerprint density at radius 2 is 0.808 bits per heavy atom. The Hall–Kier alpha value is -11.1. The number of aromatic hydroxyl groups is 1. The molecular formula is C93H109BBr2F4N10O20. The number of oxazole rings is 5. The molecule has 6 fully saturated rings. The van der Waals surface area contributed by atoms with Crippen LogP contribution in [0.1, 0.15) is 199 Å². The summed E-state index contributed by atoms with van der Waals surface area (Å²) in [7, 11) is 6.22. The van der Waals surface area contributed by atoms with E-state index in [9.17, 15) is 42.3 Å². The molecule has 0 unspecified atom stereocenters. The number of amides is 4. The van der Waals surface area contributed by atoms with Crippen LogP contribution in [-0.2, 0) is 70.8 Å². The molecule has 1 aliphatic heterocycles. The second kappa shape index (κ2) is 45.6. The van der Waals surface area contributed by atoms with Crippen molar-refractivity contribution in [3.05, 3.63) is 184 Å². The zero-order chi connectivity index (χ0) is 92.9. The highest BCUT2D eigenvalue weighted by Gasteiger charge is 2.52. The number of hydrogen-bond acceptors (Lipinski definition) is 26. The van der Waals surface area contributed by atoms with Gasteiger partial charge in [0.1, 0.15) is 58.3 Å². The number of ether oxygens (including phenoxy) is 6. The van der Waals surface area contributed by atoms with Gasteiger partial charge in [0.25, 0.3) is 0 Å². The van der Waals surface area contributed by atoms with Gasteiger partial charge in [-0.2, -0.15) is 0 Å². The predicted octanol–water partition coefficient (Wildman–Crippen LogP) is 20.6. The van der Waals surface area contributed by atoms with Gasteiger partial charge in [0, 0.05) is 80.1 Å². The summed E-state index contributed by atoms with van der Waals surface area (Å²) in [6.07, 6.45) is 26.6. The first-order valence-electron chi connectivity index (χ1n) is 43.5. The lowest BCUT2D eigenvalue weighted by Crippen LogP contribution is -2.41. The zero-order valence-corrected chi connectivity index (χ0v) is 77.5. The van der Waals surface area contributed by atoms with Crippen molar-refractivity contribution < 1.29 is 112 Å². The van der Waals surface area contributed by atoms with Gasteiger partial charge in [-0.25, -0.2) is 61.7 Å². The standard InChI is InChI=1S/C26H35N3O6.C23H30BFN2O5.C17H18BrFN2O3.C17H19FN2O4.C10H7BrFNO2/c1-17(2)34-25(30)18-7-6-10-20(13-18)35-21-11-12-22(27-14-21)24-23(33-16-28-24)15-32-26(31)29(3)19-8-4-5-9-19;1-22(2)23(3,4)32-24(31-22)17-11-10-15(12-18(17)25)20-19(30-14-26-20)13-29-21(28)27(5)16-8-6-7-9-16;1-21(12-4-2-3-5-12)17(22)23-9-15-16(20-10-24-15)11-6-7-13(18)14(19)8-11;1-20(12-4-2-3-5-12)17(22)23-9-15-16(19-10-24-15)11-6-7-14(21)13(18)8-11;11-7-2-1-6(3-8(7)12)10-9(4-14)15-5-13-10/h11-12,14,16-20H,4-10,13,15H2,1-3H3;10-12,14,16H,6-9,13H2,1-5H3;6-8,10,12H,2-5,9H2,1H3;6-8,10,12,21H,2-5,9H2,1H3;1-3,5,14H,4H2/t18-,20-;;;;/m0..../s1. The summed E-state index contributed by atoms with van der Waals surface area (Å²) >= 11 is 6.18. The van der Waals surface area contributed by atoms with E-state index < -0.39 is 47.9 Å². The third kappa shape index (κ3) is 25.5. The molecule has 4 aromatic carbocycles. The summed E-state index contributed by atoms with van der Waals surface area (Å²) in [6, 6.07) is 22.5. The molecule has 2 atom stereocenters. The molecule has 0 spiro atoms. The molecule has 4 amide bonds. The number of halogens is 6. The van der Waals surface area contributed by atoms with Crippen molar-refractivity contribution in [1.82, 2.24) is 49.5 Å². The van der Waals surface area contributed by atoms with Crippen LogP contribution in [0.2, 0.25) is 0 Å². The smallest absolute Gasteiger partial charge is 0.497 e. The van der Waals surface area contributed by atoms with Crippen molar-refractivity contribution in [2.75, 3.05) is 28.2 Å². The van der Waals surface area contributed by atoms with Crippen molar-refractivity contribution in [1.29, 1.82) is 0 Å². The molecule has 130 heavy (non-hydrogen) atoms. The Morgan fingerprint density at radius 1 is 0.454 bits per heavy atom. The molecule has 37 heteroatoms. The fraction of sp³-hybridized carbons (Fsp3) is 0.473. The quantitative estimate of drug-likeness (QED) is 0.0260.